The molecular weight excluding hydrogens is 290 g/mol. The van der Waals surface area contributed by atoms with E-state index in [4.69, 9.17) is 5.73 Å². The minimum absolute atomic E-state index is 0.0729. The van der Waals surface area contributed by atoms with E-state index in [9.17, 15) is 9.59 Å². The Bertz CT molecular complexity index is 711. The van der Waals surface area contributed by atoms with Crippen LogP contribution >= 0.6 is 0 Å². The summed E-state index contributed by atoms with van der Waals surface area (Å²) in [6, 6.07) is 15.8. The third-order valence-corrected chi connectivity index (χ3v) is 3.83. The van der Waals surface area contributed by atoms with E-state index in [-0.39, 0.29) is 5.91 Å². The Hall–Kier alpha value is -2.82. The zero-order valence-electron chi connectivity index (χ0n) is 12.7. The normalized spacial score (nSPS) is 13.4. The highest BCUT2D eigenvalue weighted by Gasteiger charge is 2.28. The number of hydrogen-bond donors (Lipinski definition) is 2. The van der Waals surface area contributed by atoms with Crippen molar-refractivity contribution in [2.45, 2.75) is 12.8 Å². The summed E-state index contributed by atoms with van der Waals surface area (Å²) in [5.74, 6) is 0.502. The molecule has 1 saturated carbocycles. The highest BCUT2D eigenvalue weighted by Crippen LogP contribution is 2.32. The van der Waals surface area contributed by atoms with Crippen LogP contribution in [0.4, 0.5) is 16.2 Å². The average Bonchev–Trinajstić information content (AvgIpc) is 3.36. The molecule has 0 aromatic heterocycles. The quantitative estimate of drug-likeness (QED) is 0.889. The first-order valence-electron chi connectivity index (χ1n) is 7.67. The summed E-state index contributed by atoms with van der Waals surface area (Å²) in [6.07, 6.45) is 2.33. The zero-order valence-corrected chi connectivity index (χ0v) is 12.7. The number of urea groups is 1. The van der Waals surface area contributed by atoms with Crippen LogP contribution in [-0.4, -0.2) is 18.5 Å². The maximum Gasteiger partial charge on any atom is 0.316 e. The lowest BCUT2D eigenvalue weighted by molar-refractivity contribution is 0.0985. The molecule has 1 aliphatic carbocycles. The van der Waals surface area contributed by atoms with E-state index in [2.05, 4.69) is 5.32 Å². The Morgan fingerprint density at radius 1 is 1.09 bits per heavy atom. The number of primary amides is 1. The molecule has 1 aliphatic rings. The second-order valence-corrected chi connectivity index (χ2v) is 5.76. The van der Waals surface area contributed by atoms with Crippen LogP contribution in [0.15, 0.2) is 54.6 Å². The number of nitrogens with one attached hydrogen (secondary N) is 1. The maximum atomic E-state index is 12.9. The molecule has 118 valence electrons. The second-order valence-electron chi connectivity index (χ2n) is 5.76. The first kappa shape index (κ1) is 15.1. The van der Waals surface area contributed by atoms with Gasteiger partial charge < -0.3 is 16.0 Å². The van der Waals surface area contributed by atoms with Crippen LogP contribution in [0.5, 0.6) is 0 Å². The number of hydrogen-bond acceptors (Lipinski definition) is 2. The molecule has 3 rings (SSSR count). The van der Waals surface area contributed by atoms with Crippen LogP contribution in [0, 0.1) is 5.92 Å². The van der Waals surface area contributed by atoms with Crippen molar-refractivity contribution in [1.82, 2.24) is 0 Å². The van der Waals surface area contributed by atoms with Crippen LogP contribution in [0.2, 0.25) is 0 Å². The molecule has 0 saturated heterocycles. The zero-order chi connectivity index (χ0) is 16.2. The van der Waals surface area contributed by atoms with Gasteiger partial charge in [0, 0.05) is 23.5 Å². The van der Waals surface area contributed by atoms with Gasteiger partial charge in [-0.15, -0.1) is 0 Å². The molecule has 0 aliphatic heterocycles. The number of nitrogens with zero attached hydrogens (tertiary/aromatic N) is 1. The molecule has 0 radical (unpaired) electrons. The summed E-state index contributed by atoms with van der Waals surface area (Å²) in [5.41, 5.74) is 7.06. The fourth-order valence-electron chi connectivity index (χ4n) is 2.50. The smallest absolute Gasteiger partial charge is 0.316 e. The third-order valence-electron chi connectivity index (χ3n) is 3.83. The number of para-hydroxylation sites is 1. The van der Waals surface area contributed by atoms with Gasteiger partial charge in [-0.05, 0) is 49.1 Å². The summed E-state index contributed by atoms with van der Waals surface area (Å²) in [7, 11) is 0. The lowest BCUT2D eigenvalue weighted by atomic mass is 10.1. The summed E-state index contributed by atoms with van der Waals surface area (Å²) < 4.78 is 0. The number of rotatable bonds is 5. The van der Waals surface area contributed by atoms with Crippen molar-refractivity contribution in [2.75, 3.05) is 16.8 Å². The predicted molar refractivity (Wildman–Crippen MR) is 90.5 cm³/mol. The first-order chi connectivity index (χ1) is 11.1. The van der Waals surface area contributed by atoms with Crippen LogP contribution in [0.25, 0.3) is 0 Å². The molecule has 5 heteroatoms. The summed E-state index contributed by atoms with van der Waals surface area (Å²) >= 11 is 0. The van der Waals surface area contributed by atoms with E-state index in [1.54, 1.807) is 29.2 Å². The second kappa shape index (κ2) is 6.52. The Balaban J connectivity index is 1.87. The fraction of sp³-hybridized carbons (Fsp3) is 0.222. The van der Waals surface area contributed by atoms with Crippen LogP contribution in [0.1, 0.15) is 23.2 Å². The molecular formula is C18H19N3O2. The third kappa shape index (κ3) is 3.88. The van der Waals surface area contributed by atoms with Crippen LogP contribution < -0.4 is 16.0 Å². The minimum atomic E-state index is -0.646. The van der Waals surface area contributed by atoms with Crippen molar-refractivity contribution in [1.29, 1.82) is 0 Å². The molecule has 5 nitrogen and oxygen atoms in total. The van der Waals surface area contributed by atoms with Crippen molar-refractivity contribution in [3.63, 3.8) is 0 Å². The molecule has 0 heterocycles. The Morgan fingerprint density at radius 3 is 2.48 bits per heavy atom. The maximum absolute atomic E-state index is 12.9. The lowest BCUT2D eigenvalue weighted by Gasteiger charge is -2.23. The number of amides is 3. The Morgan fingerprint density at radius 2 is 1.83 bits per heavy atom. The summed E-state index contributed by atoms with van der Waals surface area (Å²) in [4.78, 5) is 25.7. The molecule has 0 unspecified atom stereocenters. The molecule has 0 bridgehead atoms. The average molecular weight is 309 g/mol. The van der Waals surface area contributed by atoms with E-state index in [1.807, 2.05) is 30.3 Å². The number of carbonyl (C=O) groups is 2. The first-order valence-corrected chi connectivity index (χ1v) is 7.67. The highest BCUT2D eigenvalue weighted by molar-refractivity contribution is 6.07. The van der Waals surface area contributed by atoms with Crippen LogP contribution in [-0.2, 0) is 0 Å². The van der Waals surface area contributed by atoms with E-state index < -0.39 is 6.03 Å². The van der Waals surface area contributed by atoms with E-state index in [1.165, 1.54) is 12.8 Å². The van der Waals surface area contributed by atoms with E-state index in [0.29, 0.717) is 17.2 Å². The molecule has 3 N–H and O–H groups in total. The van der Waals surface area contributed by atoms with Crippen molar-refractivity contribution < 1.29 is 9.59 Å². The van der Waals surface area contributed by atoms with Gasteiger partial charge in [0.1, 0.15) is 0 Å². The number of carbonyl (C=O) groups excluding carboxylic acids is 2. The molecule has 1 fully saturated rings. The summed E-state index contributed by atoms with van der Waals surface area (Å²) in [6.45, 7) is 0.719. The van der Waals surface area contributed by atoms with E-state index >= 15 is 0 Å². The largest absolute Gasteiger partial charge is 0.351 e. The lowest BCUT2D eigenvalue weighted by Crippen LogP contribution is -2.33. The molecule has 2 aromatic rings. The highest BCUT2D eigenvalue weighted by atomic mass is 16.2. The van der Waals surface area contributed by atoms with Crippen molar-refractivity contribution in [2.24, 2.45) is 11.7 Å². The van der Waals surface area contributed by atoms with Crippen molar-refractivity contribution in [3.8, 4) is 0 Å². The molecule has 23 heavy (non-hydrogen) atoms. The predicted octanol–water partition coefficient (Wildman–Crippen LogP) is 3.23. The molecule has 0 spiro atoms. The molecule has 2 aromatic carbocycles. The van der Waals surface area contributed by atoms with Gasteiger partial charge in [0.15, 0.2) is 0 Å². The minimum Gasteiger partial charge on any atom is -0.351 e. The number of anilines is 2. The monoisotopic (exact) mass is 309 g/mol. The SMILES string of the molecule is NC(=O)Nc1cccc(C(=O)N(CC2CC2)c2ccccc2)c1. The number of benzene rings is 2. The summed E-state index contributed by atoms with van der Waals surface area (Å²) in [5, 5.41) is 2.50. The van der Waals surface area contributed by atoms with Gasteiger partial charge in [0.25, 0.3) is 5.91 Å². The van der Waals surface area contributed by atoms with Crippen molar-refractivity contribution in [3.05, 3.63) is 60.2 Å². The van der Waals surface area contributed by atoms with Gasteiger partial charge in [-0.1, -0.05) is 24.3 Å². The fourth-order valence-corrected chi connectivity index (χ4v) is 2.50. The molecule has 0 atom stereocenters. The van der Waals surface area contributed by atoms with E-state index in [0.717, 1.165) is 12.2 Å². The standard InChI is InChI=1S/C18H19N3O2/c19-18(23)20-15-6-4-5-14(11-15)17(22)21(12-13-9-10-13)16-7-2-1-3-8-16/h1-8,11,13H,9-10,12H2,(H3,19,20,23). The van der Waals surface area contributed by atoms with Gasteiger partial charge >= 0.3 is 6.03 Å². The topological polar surface area (TPSA) is 75.4 Å². The Kier molecular flexibility index (Phi) is 4.28. The van der Waals surface area contributed by atoms with Gasteiger partial charge in [0.2, 0.25) is 0 Å². The number of nitrogens with two attached hydrogens (primary N) is 1. The van der Waals surface area contributed by atoms with Gasteiger partial charge in [-0.25, -0.2) is 4.79 Å². The molecule has 3 amide bonds. The van der Waals surface area contributed by atoms with Crippen LogP contribution in [0.3, 0.4) is 0 Å². The van der Waals surface area contributed by atoms with Gasteiger partial charge in [-0.2, -0.15) is 0 Å². The van der Waals surface area contributed by atoms with Crippen molar-refractivity contribution >= 4 is 23.3 Å². The van der Waals surface area contributed by atoms with Gasteiger partial charge in [-0.3, -0.25) is 4.79 Å². The van der Waals surface area contributed by atoms with Gasteiger partial charge in [0.05, 0.1) is 0 Å². The Labute approximate surface area is 135 Å².